The first-order valence-electron chi connectivity index (χ1n) is 6.31. The maximum absolute atomic E-state index is 5.13. The smallest absolute Gasteiger partial charge is 0.186 e. The van der Waals surface area contributed by atoms with E-state index in [1.54, 1.807) is 21.2 Å². The molecule has 129 valence electrons. The SMILES string of the molecule is CNC(=S)NN=CC(=NNC(=S)NC)c1ccc(OC)cc1.[Cu]. The fourth-order valence-corrected chi connectivity index (χ4v) is 1.40. The molecule has 23 heavy (non-hydrogen) atoms. The van der Waals surface area contributed by atoms with Gasteiger partial charge in [-0.3, -0.25) is 10.9 Å². The van der Waals surface area contributed by atoms with Gasteiger partial charge in [-0.05, 0) is 48.7 Å². The molecule has 0 saturated carbocycles. The first kappa shape index (κ1) is 21.3. The Morgan fingerprint density at radius 2 is 1.61 bits per heavy atom. The number of rotatable bonds is 5. The average molecular weight is 402 g/mol. The second-order valence-corrected chi connectivity index (χ2v) is 4.68. The van der Waals surface area contributed by atoms with Gasteiger partial charge in [0.05, 0.1) is 13.3 Å². The molecule has 0 aliphatic heterocycles. The van der Waals surface area contributed by atoms with Crippen LogP contribution in [0.4, 0.5) is 0 Å². The molecule has 1 aromatic carbocycles. The van der Waals surface area contributed by atoms with Crippen molar-refractivity contribution in [3.05, 3.63) is 29.8 Å². The van der Waals surface area contributed by atoms with Crippen molar-refractivity contribution in [3.8, 4) is 5.75 Å². The summed E-state index contributed by atoms with van der Waals surface area (Å²) < 4.78 is 5.13. The van der Waals surface area contributed by atoms with Crippen LogP contribution >= 0.6 is 24.4 Å². The van der Waals surface area contributed by atoms with Crippen LogP contribution in [0.15, 0.2) is 34.5 Å². The molecule has 0 bridgehead atoms. The summed E-state index contributed by atoms with van der Waals surface area (Å²) in [5, 5.41) is 14.6. The van der Waals surface area contributed by atoms with E-state index in [1.165, 1.54) is 6.21 Å². The Bertz CT molecular complexity index is 576. The minimum Gasteiger partial charge on any atom is -0.497 e. The van der Waals surface area contributed by atoms with Crippen LogP contribution in [0, 0.1) is 0 Å². The van der Waals surface area contributed by atoms with E-state index < -0.39 is 0 Å². The minimum absolute atomic E-state index is 0. The predicted octanol–water partition coefficient (Wildman–Crippen LogP) is 0.570. The van der Waals surface area contributed by atoms with Gasteiger partial charge in [0.25, 0.3) is 0 Å². The van der Waals surface area contributed by atoms with Crippen LogP contribution in [0.1, 0.15) is 5.56 Å². The third-order valence-electron chi connectivity index (χ3n) is 2.47. The number of thiocarbonyl (C=S) groups is 2. The maximum atomic E-state index is 5.13. The zero-order chi connectivity index (χ0) is 16.4. The van der Waals surface area contributed by atoms with E-state index in [4.69, 9.17) is 29.2 Å². The van der Waals surface area contributed by atoms with Gasteiger partial charge in [-0.2, -0.15) is 10.2 Å². The third kappa shape index (κ3) is 7.89. The minimum atomic E-state index is 0. The van der Waals surface area contributed by atoms with Crippen molar-refractivity contribution in [1.29, 1.82) is 0 Å². The summed E-state index contributed by atoms with van der Waals surface area (Å²) in [6.45, 7) is 0. The van der Waals surface area contributed by atoms with Gasteiger partial charge in [-0.25, -0.2) is 0 Å². The van der Waals surface area contributed by atoms with Crippen molar-refractivity contribution in [2.75, 3.05) is 21.2 Å². The Morgan fingerprint density at radius 1 is 1.04 bits per heavy atom. The predicted molar refractivity (Wildman–Crippen MR) is 97.6 cm³/mol. The molecule has 0 fully saturated rings. The van der Waals surface area contributed by atoms with Gasteiger partial charge in [0, 0.05) is 36.7 Å². The molecule has 1 rings (SSSR count). The number of hydrogen-bond donors (Lipinski definition) is 4. The first-order chi connectivity index (χ1) is 10.6. The second-order valence-electron chi connectivity index (χ2n) is 3.87. The first-order valence-corrected chi connectivity index (χ1v) is 7.13. The van der Waals surface area contributed by atoms with Crippen LogP contribution in [0.3, 0.4) is 0 Å². The van der Waals surface area contributed by atoms with Gasteiger partial charge in [0.1, 0.15) is 11.5 Å². The Kier molecular flexibility index (Phi) is 10.9. The van der Waals surface area contributed by atoms with E-state index >= 15 is 0 Å². The van der Waals surface area contributed by atoms with Crippen LogP contribution in [0.2, 0.25) is 0 Å². The van der Waals surface area contributed by atoms with Gasteiger partial charge in [-0.15, -0.1) is 0 Å². The molecule has 0 heterocycles. The topological polar surface area (TPSA) is 82.1 Å². The van der Waals surface area contributed by atoms with Crippen molar-refractivity contribution in [2.24, 2.45) is 10.2 Å². The van der Waals surface area contributed by atoms with Gasteiger partial charge in [-0.1, -0.05) is 0 Å². The molecule has 0 aliphatic rings. The van der Waals surface area contributed by atoms with Crippen LogP contribution in [0.5, 0.6) is 5.75 Å². The zero-order valence-electron chi connectivity index (χ0n) is 12.8. The second kappa shape index (κ2) is 11.8. The average Bonchev–Trinajstić information content (AvgIpc) is 2.57. The number of benzene rings is 1. The molecule has 0 aromatic heterocycles. The Balaban J connectivity index is 0.00000484. The summed E-state index contributed by atoms with van der Waals surface area (Å²) in [4.78, 5) is 0. The zero-order valence-corrected chi connectivity index (χ0v) is 15.4. The van der Waals surface area contributed by atoms with E-state index in [9.17, 15) is 0 Å². The van der Waals surface area contributed by atoms with Gasteiger partial charge in [0.15, 0.2) is 10.2 Å². The number of ether oxygens (including phenoxy) is 1. The molecular weight excluding hydrogens is 384 g/mol. The van der Waals surface area contributed by atoms with E-state index in [0.29, 0.717) is 15.9 Å². The third-order valence-corrected chi connectivity index (χ3v) is 3.06. The van der Waals surface area contributed by atoms with Crippen LogP contribution in [-0.2, 0) is 17.1 Å². The Morgan fingerprint density at radius 3 is 2.13 bits per heavy atom. The monoisotopic (exact) mass is 401 g/mol. The van der Waals surface area contributed by atoms with Crippen molar-refractivity contribution < 1.29 is 21.8 Å². The molecule has 1 aromatic rings. The fourth-order valence-electron chi connectivity index (χ4n) is 1.30. The number of hydrazone groups is 2. The van der Waals surface area contributed by atoms with Crippen LogP contribution < -0.4 is 26.2 Å². The van der Waals surface area contributed by atoms with Crippen LogP contribution in [-0.4, -0.2) is 43.4 Å². The molecule has 0 spiro atoms. The molecule has 1 radical (unpaired) electrons. The summed E-state index contributed by atoms with van der Waals surface area (Å²) in [7, 11) is 5.02. The van der Waals surface area contributed by atoms with Crippen molar-refractivity contribution in [2.45, 2.75) is 0 Å². The number of nitrogens with one attached hydrogen (secondary N) is 4. The molecule has 10 heteroatoms. The van der Waals surface area contributed by atoms with Crippen LogP contribution in [0.25, 0.3) is 0 Å². The fraction of sp³-hybridized carbons (Fsp3) is 0.231. The number of hydrogen-bond acceptors (Lipinski definition) is 5. The van der Waals surface area contributed by atoms with Gasteiger partial charge >= 0.3 is 0 Å². The van der Waals surface area contributed by atoms with Gasteiger partial charge < -0.3 is 15.4 Å². The largest absolute Gasteiger partial charge is 0.497 e. The number of methoxy groups -OCH3 is 1. The molecule has 7 nitrogen and oxygen atoms in total. The quantitative estimate of drug-likeness (QED) is 0.248. The molecular formula is C13H18CuN6OS2. The summed E-state index contributed by atoms with van der Waals surface area (Å²) in [5.41, 5.74) is 6.80. The molecule has 0 unspecified atom stereocenters. The molecule has 0 amide bonds. The molecule has 0 atom stereocenters. The summed E-state index contributed by atoms with van der Waals surface area (Å²) in [5.74, 6) is 0.758. The Hall–Kier alpha value is -1.74. The van der Waals surface area contributed by atoms with Crippen molar-refractivity contribution in [3.63, 3.8) is 0 Å². The summed E-state index contributed by atoms with van der Waals surface area (Å²) in [6.07, 6.45) is 1.54. The molecule has 0 saturated heterocycles. The summed E-state index contributed by atoms with van der Waals surface area (Å²) in [6, 6.07) is 7.40. The standard InChI is InChI=1S/C13H18N6OS2.Cu/c1-14-12(21)18-16-8-11(17-19-13(22)15-2)9-4-6-10(20-3)7-5-9;/h4-8H,1-3H3,(H2,14,18,21)(H2,15,19,22);. The van der Waals surface area contributed by atoms with Crippen molar-refractivity contribution in [1.82, 2.24) is 21.5 Å². The van der Waals surface area contributed by atoms with Crippen molar-refractivity contribution >= 4 is 46.6 Å². The normalized spacial score (nSPS) is 10.5. The molecule has 4 N–H and O–H groups in total. The molecule has 0 aliphatic carbocycles. The number of nitrogens with zero attached hydrogens (tertiary/aromatic N) is 2. The van der Waals surface area contributed by atoms with Gasteiger partial charge in [0.2, 0.25) is 0 Å². The Labute approximate surface area is 156 Å². The summed E-state index contributed by atoms with van der Waals surface area (Å²) >= 11 is 9.94. The van der Waals surface area contributed by atoms with E-state index in [0.717, 1.165) is 11.3 Å². The maximum Gasteiger partial charge on any atom is 0.186 e. The van der Waals surface area contributed by atoms with E-state index in [2.05, 4.69) is 31.7 Å². The van der Waals surface area contributed by atoms with E-state index in [-0.39, 0.29) is 17.1 Å². The van der Waals surface area contributed by atoms with E-state index in [1.807, 2.05) is 24.3 Å².